The first-order chi connectivity index (χ1) is 6.36. The van der Waals surface area contributed by atoms with E-state index in [2.05, 4.69) is 6.07 Å². The molecule has 0 spiro atoms. The van der Waals surface area contributed by atoms with Crippen LogP contribution in [0, 0.1) is 17.2 Å². The molecule has 1 aromatic rings. The molecule has 1 unspecified atom stereocenters. The number of aliphatic hydroxyl groups is 1. The van der Waals surface area contributed by atoms with Crippen molar-refractivity contribution in [2.75, 3.05) is 6.61 Å². The van der Waals surface area contributed by atoms with E-state index in [9.17, 15) is 0 Å². The summed E-state index contributed by atoms with van der Waals surface area (Å²) in [6, 6.07) is 12.0. The van der Waals surface area contributed by atoms with E-state index in [4.69, 9.17) is 10.4 Å². The Morgan fingerprint density at radius 1 is 1.31 bits per heavy atom. The van der Waals surface area contributed by atoms with Crippen molar-refractivity contribution >= 4 is 0 Å². The van der Waals surface area contributed by atoms with Crippen molar-refractivity contribution in [3.8, 4) is 6.07 Å². The molecule has 0 saturated heterocycles. The molecule has 1 N–H and O–H groups in total. The van der Waals surface area contributed by atoms with Gasteiger partial charge in [0.05, 0.1) is 6.07 Å². The number of hydrogen-bond acceptors (Lipinski definition) is 2. The van der Waals surface area contributed by atoms with E-state index in [-0.39, 0.29) is 12.5 Å². The third-order valence-corrected chi connectivity index (χ3v) is 2.01. The van der Waals surface area contributed by atoms with Crippen molar-refractivity contribution in [3.05, 3.63) is 35.9 Å². The summed E-state index contributed by atoms with van der Waals surface area (Å²) < 4.78 is 0. The SMILES string of the molecule is N#CCC(CO)Cc1ccccc1. The Labute approximate surface area is 78.4 Å². The molecule has 2 heteroatoms. The first kappa shape index (κ1) is 9.76. The first-order valence-corrected chi connectivity index (χ1v) is 4.38. The van der Waals surface area contributed by atoms with E-state index in [0.717, 1.165) is 6.42 Å². The van der Waals surface area contributed by atoms with Gasteiger partial charge in [0.25, 0.3) is 0 Å². The van der Waals surface area contributed by atoms with E-state index >= 15 is 0 Å². The molecule has 0 aliphatic carbocycles. The van der Waals surface area contributed by atoms with Gasteiger partial charge in [0, 0.05) is 13.0 Å². The molecule has 0 aliphatic rings. The normalized spacial score (nSPS) is 12.0. The van der Waals surface area contributed by atoms with Crippen LogP contribution in [0.15, 0.2) is 30.3 Å². The van der Waals surface area contributed by atoms with Crippen molar-refractivity contribution in [3.63, 3.8) is 0 Å². The van der Waals surface area contributed by atoms with Crippen LogP contribution in [0.2, 0.25) is 0 Å². The molecule has 1 aromatic carbocycles. The van der Waals surface area contributed by atoms with E-state index in [1.165, 1.54) is 5.56 Å². The molecule has 1 rings (SSSR count). The van der Waals surface area contributed by atoms with Crippen LogP contribution in [0.3, 0.4) is 0 Å². The molecule has 1 atom stereocenters. The second kappa shape index (κ2) is 5.34. The predicted molar refractivity (Wildman–Crippen MR) is 51.0 cm³/mol. The van der Waals surface area contributed by atoms with Gasteiger partial charge >= 0.3 is 0 Å². The van der Waals surface area contributed by atoms with Gasteiger partial charge in [-0.3, -0.25) is 0 Å². The van der Waals surface area contributed by atoms with Crippen molar-refractivity contribution in [1.82, 2.24) is 0 Å². The van der Waals surface area contributed by atoms with Gasteiger partial charge in [-0.05, 0) is 17.9 Å². The van der Waals surface area contributed by atoms with Gasteiger partial charge in [-0.2, -0.15) is 5.26 Å². The Morgan fingerprint density at radius 2 is 2.00 bits per heavy atom. The topological polar surface area (TPSA) is 44.0 Å². The van der Waals surface area contributed by atoms with Gasteiger partial charge in [-0.25, -0.2) is 0 Å². The molecule has 0 amide bonds. The molecule has 0 heterocycles. The molecular weight excluding hydrogens is 162 g/mol. The number of aliphatic hydroxyl groups excluding tert-OH is 1. The van der Waals surface area contributed by atoms with Gasteiger partial charge in [-0.1, -0.05) is 30.3 Å². The number of nitrogens with zero attached hydrogens (tertiary/aromatic N) is 1. The van der Waals surface area contributed by atoms with E-state index in [0.29, 0.717) is 6.42 Å². The lowest BCUT2D eigenvalue weighted by molar-refractivity contribution is 0.228. The summed E-state index contributed by atoms with van der Waals surface area (Å²) in [5, 5.41) is 17.5. The third kappa shape index (κ3) is 3.27. The summed E-state index contributed by atoms with van der Waals surface area (Å²) in [6.07, 6.45) is 1.20. The average Bonchev–Trinajstić information content (AvgIpc) is 2.19. The lowest BCUT2D eigenvalue weighted by atomic mass is 9.98. The van der Waals surface area contributed by atoms with Crippen molar-refractivity contribution in [2.45, 2.75) is 12.8 Å². The van der Waals surface area contributed by atoms with Crippen LogP contribution >= 0.6 is 0 Å². The van der Waals surface area contributed by atoms with Gasteiger partial charge in [0.15, 0.2) is 0 Å². The highest BCUT2D eigenvalue weighted by Crippen LogP contribution is 2.10. The lowest BCUT2D eigenvalue weighted by Crippen LogP contribution is -2.08. The zero-order valence-corrected chi connectivity index (χ0v) is 7.48. The van der Waals surface area contributed by atoms with Crippen molar-refractivity contribution in [1.29, 1.82) is 5.26 Å². The minimum atomic E-state index is 0.0763. The zero-order valence-electron chi connectivity index (χ0n) is 7.48. The van der Waals surface area contributed by atoms with Crippen LogP contribution in [0.5, 0.6) is 0 Å². The molecule has 0 radical (unpaired) electrons. The summed E-state index contributed by atoms with van der Waals surface area (Å²) >= 11 is 0. The molecule has 0 bridgehead atoms. The molecule has 68 valence electrons. The van der Waals surface area contributed by atoms with E-state index < -0.39 is 0 Å². The lowest BCUT2D eigenvalue weighted by Gasteiger charge is -2.09. The molecule has 0 saturated carbocycles. The van der Waals surface area contributed by atoms with Crippen LogP contribution in [-0.2, 0) is 6.42 Å². The largest absolute Gasteiger partial charge is 0.396 e. The maximum absolute atomic E-state index is 8.97. The molecule has 0 fully saturated rings. The Hall–Kier alpha value is -1.33. The van der Waals surface area contributed by atoms with Gasteiger partial charge in [-0.15, -0.1) is 0 Å². The third-order valence-electron chi connectivity index (χ3n) is 2.01. The van der Waals surface area contributed by atoms with Gasteiger partial charge in [0.2, 0.25) is 0 Å². The average molecular weight is 175 g/mol. The fraction of sp³-hybridized carbons (Fsp3) is 0.364. The maximum Gasteiger partial charge on any atom is 0.0625 e. The Bertz CT molecular complexity index is 276. The van der Waals surface area contributed by atoms with Crippen molar-refractivity contribution < 1.29 is 5.11 Å². The summed E-state index contributed by atoms with van der Waals surface area (Å²) in [6.45, 7) is 0.0858. The fourth-order valence-corrected chi connectivity index (χ4v) is 1.28. The summed E-state index contributed by atoms with van der Waals surface area (Å²) in [7, 11) is 0. The standard InChI is InChI=1S/C11H13NO/c12-7-6-11(9-13)8-10-4-2-1-3-5-10/h1-5,11,13H,6,8-9H2. The van der Waals surface area contributed by atoms with Crippen LogP contribution < -0.4 is 0 Å². The van der Waals surface area contributed by atoms with Gasteiger partial charge < -0.3 is 5.11 Å². The summed E-state index contributed by atoms with van der Waals surface area (Å²) in [5.74, 6) is 0.0763. The number of hydrogen-bond donors (Lipinski definition) is 1. The zero-order chi connectivity index (χ0) is 9.52. The minimum absolute atomic E-state index is 0.0763. The highest BCUT2D eigenvalue weighted by atomic mass is 16.3. The second-order valence-corrected chi connectivity index (χ2v) is 3.10. The molecule has 0 aliphatic heterocycles. The smallest absolute Gasteiger partial charge is 0.0625 e. The fourth-order valence-electron chi connectivity index (χ4n) is 1.28. The van der Waals surface area contributed by atoms with Crippen LogP contribution in [-0.4, -0.2) is 11.7 Å². The predicted octanol–water partition coefficient (Wildman–Crippen LogP) is 1.75. The molecule has 0 aromatic heterocycles. The Morgan fingerprint density at radius 3 is 2.54 bits per heavy atom. The minimum Gasteiger partial charge on any atom is -0.396 e. The second-order valence-electron chi connectivity index (χ2n) is 3.10. The van der Waals surface area contributed by atoms with Crippen LogP contribution in [0.25, 0.3) is 0 Å². The summed E-state index contributed by atoms with van der Waals surface area (Å²) in [4.78, 5) is 0. The Balaban J connectivity index is 2.53. The quantitative estimate of drug-likeness (QED) is 0.757. The Kier molecular flexibility index (Phi) is 4.01. The highest BCUT2D eigenvalue weighted by molar-refractivity contribution is 5.15. The van der Waals surface area contributed by atoms with E-state index in [1.54, 1.807) is 0 Å². The number of nitriles is 1. The highest BCUT2D eigenvalue weighted by Gasteiger charge is 2.06. The first-order valence-electron chi connectivity index (χ1n) is 4.38. The monoisotopic (exact) mass is 175 g/mol. The van der Waals surface area contributed by atoms with E-state index in [1.807, 2.05) is 30.3 Å². The maximum atomic E-state index is 8.97. The summed E-state index contributed by atoms with van der Waals surface area (Å²) in [5.41, 5.74) is 1.18. The van der Waals surface area contributed by atoms with Crippen LogP contribution in [0.1, 0.15) is 12.0 Å². The number of rotatable bonds is 4. The van der Waals surface area contributed by atoms with Crippen LogP contribution in [0.4, 0.5) is 0 Å². The van der Waals surface area contributed by atoms with Gasteiger partial charge in [0.1, 0.15) is 0 Å². The molecular formula is C11H13NO. The van der Waals surface area contributed by atoms with Crippen molar-refractivity contribution in [2.24, 2.45) is 5.92 Å². The molecule has 2 nitrogen and oxygen atoms in total. The number of benzene rings is 1. The molecule has 13 heavy (non-hydrogen) atoms.